The Hall–Kier alpha value is -1.04. The second-order valence-electron chi connectivity index (χ2n) is 5.75. The van der Waals surface area contributed by atoms with Crippen LogP contribution in [0.5, 0.6) is 0 Å². The van der Waals surface area contributed by atoms with Gasteiger partial charge in [-0.05, 0) is 12.0 Å². The van der Waals surface area contributed by atoms with E-state index in [1.54, 1.807) is 0 Å². The highest BCUT2D eigenvalue weighted by atomic mass is 28.3. The fraction of sp³-hybridized carbons (Fsp3) is 0.500. The molecule has 0 saturated heterocycles. The quantitative estimate of drug-likeness (QED) is 0.440. The summed E-state index contributed by atoms with van der Waals surface area (Å²) in [5.74, 6) is 3.79. The van der Waals surface area contributed by atoms with E-state index in [2.05, 4.69) is 50.2 Å². The third-order valence-electron chi connectivity index (χ3n) is 2.50. The first kappa shape index (κ1) is 15.0. The Morgan fingerprint density at radius 3 is 2.44 bits per heavy atom. The van der Waals surface area contributed by atoms with Crippen molar-refractivity contribution >= 4 is 8.07 Å². The van der Waals surface area contributed by atoms with Crippen molar-refractivity contribution in [3.63, 3.8) is 0 Å². The summed E-state index contributed by atoms with van der Waals surface area (Å²) in [7, 11) is -1.22. The summed E-state index contributed by atoms with van der Waals surface area (Å²) in [5.41, 5.74) is 4.65. The van der Waals surface area contributed by atoms with Crippen LogP contribution in [0, 0.1) is 17.4 Å². The maximum absolute atomic E-state index is 5.67. The Morgan fingerprint density at radius 2 is 1.83 bits per heavy atom. The molecular weight excluding hydrogens is 236 g/mol. The van der Waals surface area contributed by atoms with Crippen molar-refractivity contribution in [2.45, 2.75) is 39.6 Å². The van der Waals surface area contributed by atoms with Gasteiger partial charge >= 0.3 is 0 Å². The first-order chi connectivity index (χ1) is 8.47. The van der Waals surface area contributed by atoms with E-state index in [1.807, 2.05) is 18.2 Å². The van der Waals surface area contributed by atoms with Gasteiger partial charge in [-0.15, -0.1) is 11.5 Å². The number of ether oxygens (including phenoxy) is 1. The van der Waals surface area contributed by atoms with Gasteiger partial charge in [-0.2, -0.15) is 0 Å². The van der Waals surface area contributed by atoms with Crippen molar-refractivity contribution in [3.05, 3.63) is 35.9 Å². The molecule has 0 bridgehead atoms. The van der Waals surface area contributed by atoms with E-state index < -0.39 is 8.07 Å². The molecule has 2 heteroatoms. The molecule has 0 saturated carbocycles. The zero-order valence-corrected chi connectivity index (χ0v) is 13.0. The molecule has 0 aliphatic heterocycles. The Bertz CT molecular complexity index is 395. The molecule has 0 spiro atoms. The zero-order chi connectivity index (χ0) is 13.4. The van der Waals surface area contributed by atoms with Crippen molar-refractivity contribution in [2.75, 3.05) is 6.61 Å². The highest BCUT2D eigenvalue weighted by Gasteiger charge is 2.08. The van der Waals surface area contributed by atoms with Crippen LogP contribution < -0.4 is 0 Å². The third kappa shape index (κ3) is 7.32. The van der Waals surface area contributed by atoms with Gasteiger partial charge in [-0.25, -0.2) is 0 Å². The highest BCUT2D eigenvalue weighted by molar-refractivity contribution is 6.83. The molecule has 1 unspecified atom stereocenters. The van der Waals surface area contributed by atoms with Crippen LogP contribution in [0.15, 0.2) is 30.3 Å². The monoisotopic (exact) mass is 260 g/mol. The first-order valence-electron chi connectivity index (χ1n) is 6.62. The fourth-order valence-corrected chi connectivity index (χ4v) is 2.12. The maximum atomic E-state index is 5.67. The molecule has 0 aliphatic rings. The normalized spacial score (nSPS) is 12.7. The molecule has 1 atom stereocenters. The van der Waals surface area contributed by atoms with Gasteiger partial charge in [-0.3, -0.25) is 0 Å². The lowest BCUT2D eigenvalue weighted by molar-refractivity contribution is 0.113. The van der Waals surface area contributed by atoms with Gasteiger partial charge in [0.05, 0.1) is 6.61 Å². The summed E-state index contributed by atoms with van der Waals surface area (Å²) in [5, 5.41) is 0. The van der Waals surface area contributed by atoms with Gasteiger partial charge in [0.2, 0.25) is 0 Å². The van der Waals surface area contributed by atoms with Gasteiger partial charge < -0.3 is 4.74 Å². The van der Waals surface area contributed by atoms with E-state index in [9.17, 15) is 0 Å². The molecule has 0 amide bonds. The molecule has 0 aromatic heterocycles. The fourth-order valence-electron chi connectivity index (χ4n) is 1.44. The Labute approximate surface area is 113 Å². The van der Waals surface area contributed by atoms with Crippen molar-refractivity contribution in [3.8, 4) is 11.5 Å². The molecule has 1 aromatic rings. The second kappa shape index (κ2) is 7.40. The van der Waals surface area contributed by atoms with Crippen molar-refractivity contribution < 1.29 is 4.74 Å². The summed E-state index contributed by atoms with van der Waals surface area (Å²) in [4.78, 5) is 0. The first-order valence-corrected chi connectivity index (χ1v) is 10.1. The van der Waals surface area contributed by atoms with E-state index in [-0.39, 0.29) is 0 Å². The molecule has 0 radical (unpaired) electrons. The molecule has 98 valence electrons. The molecule has 0 fully saturated rings. The van der Waals surface area contributed by atoms with Crippen molar-refractivity contribution in [1.29, 1.82) is 0 Å². The number of benzene rings is 1. The number of hydrogen-bond acceptors (Lipinski definition) is 1. The van der Waals surface area contributed by atoms with Crippen molar-refractivity contribution in [2.24, 2.45) is 5.92 Å². The van der Waals surface area contributed by atoms with Crippen LogP contribution in [-0.2, 0) is 11.3 Å². The molecule has 18 heavy (non-hydrogen) atoms. The van der Waals surface area contributed by atoms with E-state index in [1.165, 1.54) is 5.56 Å². The third-order valence-corrected chi connectivity index (χ3v) is 3.39. The van der Waals surface area contributed by atoms with Crippen LogP contribution >= 0.6 is 0 Å². The minimum atomic E-state index is -1.22. The summed E-state index contributed by atoms with van der Waals surface area (Å²) < 4.78 is 5.67. The van der Waals surface area contributed by atoms with Gasteiger partial charge in [0.15, 0.2) is 0 Å². The van der Waals surface area contributed by atoms with E-state index in [4.69, 9.17) is 4.74 Å². The standard InChI is InChI=1S/C16H24OSi/c1-15(11-13-18(2,3)4)10-12-17-14-16-8-6-5-7-9-16/h5-9,15H,10,12,14H2,1-4H3. The van der Waals surface area contributed by atoms with Crippen LogP contribution in [0.25, 0.3) is 0 Å². The van der Waals surface area contributed by atoms with Crippen LogP contribution in [-0.4, -0.2) is 14.7 Å². The average Bonchev–Trinajstić information content (AvgIpc) is 2.33. The Kier molecular flexibility index (Phi) is 6.18. The lowest BCUT2D eigenvalue weighted by Gasteiger charge is -2.08. The van der Waals surface area contributed by atoms with Gasteiger partial charge in [0, 0.05) is 12.5 Å². The molecular formula is C16H24OSi. The summed E-state index contributed by atoms with van der Waals surface area (Å²) >= 11 is 0. The zero-order valence-electron chi connectivity index (χ0n) is 12.0. The Balaban J connectivity index is 2.20. The largest absolute Gasteiger partial charge is 0.377 e. The number of rotatable bonds is 5. The summed E-state index contributed by atoms with van der Waals surface area (Å²) in [6.45, 7) is 10.5. The van der Waals surface area contributed by atoms with Crippen LogP contribution in [0.1, 0.15) is 18.9 Å². The summed E-state index contributed by atoms with van der Waals surface area (Å²) in [6.07, 6.45) is 1.02. The molecule has 0 aliphatic carbocycles. The molecule has 0 heterocycles. The predicted molar refractivity (Wildman–Crippen MR) is 81.0 cm³/mol. The minimum Gasteiger partial charge on any atom is -0.377 e. The summed E-state index contributed by atoms with van der Waals surface area (Å²) in [6, 6.07) is 10.3. The molecule has 1 rings (SSSR count). The van der Waals surface area contributed by atoms with Gasteiger partial charge in [0.1, 0.15) is 8.07 Å². The van der Waals surface area contributed by atoms with Crippen LogP contribution in [0.4, 0.5) is 0 Å². The van der Waals surface area contributed by atoms with Gasteiger partial charge in [0.25, 0.3) is 0 Å². The number of hydrogen-bond donors (Lipinski definition) is 0. The molecule has 0 N–H and O–H groups in total. The molecule has 1 aromatic carbocycles. The highest BCUT2D eigenvalue weighted by Crippen LogP contribution is 2.05. The SMILES string of the molecule is CC(C#C[Si](C)(C)C)CCOCc1ccccc1. The lowest BCUT2D eigenvalue weighted by atomic mass is 10.1. The second-order valence-corrected chi connectivity index (χ2v) is 10.5. The van der Waals surface area contributed by atoms with Gasteiger partial charge in [-0.1, -0.05) is 56.9 Å². The topological polar surface area (TPSA) is 9.23 Å². The average molecular weight is 260 g/mol. The predicted octanol–water partition coefficient (Wildman–Crippen LogP) is 4.11. The molecule has 1 nitrogen and oxygen atoms in total. The maximum Gasteiger partial charge on any atom is 0.129 e. The Morgan fingerprint density at radius 1 is 1.17 bits per heavy atom. The minimum absolute atomic E-state index is 0.437. The van der Waals surface area contributed by atoms with E-state index in [0.717, 1.165) is 13.0 Å². The van der Waals surface area contributed by atoms with Crippen LogP contribution in [0.3, 0.4) is 0 Å². The lowest BCUT2D eigenvalue weighted by Crippen LogP contribution is -2.17. The van der Waals surface area contributed by atoms with E-state index in [0.29, 0.717) is 12.5 Å². The smallest absolute Gasteiger partial charge is 0.129 e. The van der Waals surface area contributed by atoms with Crippen molar-refractivity contribution in [1.82, 2.24) is 0 Å². The van der Waals surface area contributed by atoms with Crippen LogP contribution in [0.2, 0.25) is 19.6 Å². The van der Waals surface area contributed by atoms with E-state index >= 15 is 0 Å².